The Morgan fingerprint density at radius 2 is 1.50 bits per heavy atom. The molecular weight excluding hydrogens is 394 g/mol. The van der Waals surface area contributed by atoms with Crippen molar-refractivity contribution in [1.29, 1.82) is 0 Å². The molecule has 4 aromatic carbocycles. The monoisotopic (exact) mass is 417 g/mol. The number of imidazole rings is 1. The molecule has 0 amide bonds. The highest BCUT2D eigenvalue weighted by Crippen LogP contribution is 2.45. The predicted octanol–water partition coefficient (Wildman–Crippen LogP) is 6.28. The van der Waals surface area contributed by atoms with E-state index < -0.39 is 0 Å². The van der Waals surface area contributed by atoms with Crippen molar-refractivity contribution in [2.45, 2.75) is 12.7 Å². The van der Waals surface area contributed by atoms with E-state index in [2.05, 4.69) is 100 Å². The van der Waals surface area contributed by atoms with Crippen LogP contribution in [0.2, 0.25) is 0 Å². The lowest BCUT2D eigenvalue weighted by Gasteiger charge is -2.40. The van der Waals surface area contributed by atoms with Gasteiger partial charge in [-0.1, -0.05) is 66.7 Å². The van der Waals surface area contributed by atoms with Crippen molar-refractivity contribution in [2.24, 2.45) is 0 Å². The second-order valence-corrected chi connectivity index (χ2v) is 8.07. The molecule has 1 atom stereocenters. The van der Waals surface area contributed by atoms with Gasteiger partial charge < -0.3 is 9.64 Å². The van der Waals surface area contributed by atoms with Crippen molar-refractivity contribution in [3.8, 4) is 17.1 Å². The molecule has 0 bridgehead atoms. The number of para-hydroxylation sites is 3. The third-order valence-corrected chi connectivity index (χ3v) is 6.20. The summed E-state index contributed by atoms with van der Waals surface area (Å²) in [7, 11) is 1.70. The van der Waals surface area contributed by atoms with E-state index in [1.54, 1.807) is 7.11 Å². The largest absolute Gasteiger partial charge is 0.497 e. The Balaban J connectivity index is 1.62. The van der Waals surface area contributed by atoms with Crippen LogP contribution in [-0.2, 0) is 6.54 Å². The first kappa shape index (κ1) is 18.7. The van der Waals surface area contributed by atoms with Crippen LogP contribution in [0.4, 0.5) is 5.69 Å². The van der Waals surface area contributed by atoms with E-state index in [1.165, 1.54) is 16.8 Å². The molecule has 0 radical (unpaired) electrons. The van der Waals surface area contributed by atoms with E-state index in [1.807, 2.05) is 12.1 Å². The highest BCUT2D eigenvalue weighted by molar-refractivity contribution is 5.87. The molecule has 1 unspecified atom stereocenters. The fourth-order valence-corrected chi connectivity index (χ4v) is 4.72. The Kier molecular flexibility index (Phi) is 4.43. The molecule has 0 saturated heterocycles. The number of aromatic nitrogens is 2. The summed E-state index contributed by atoms with van der Waals surface area (Å²) < 4.78 is 7.80. The Morgan fingerprint density at radius 1 is 0.781 bits per heavy atom. The van der Waals surface area contributed by atoms with Gasteiger partial charge in [0.2, 0.25) is 0 Å². The van der Waals surface area contributed by atoms with Crippen molar-refractivity contribution >= 4 is 16.7 Å². The van der Waals surface area contributed by atoms with Gasteiger partial charge in [-0.2, -0.15) is 0 Å². The topological polar surface area (TPSA) is 30.3 Å². The van der Waals surface area contributed by atoms with Gasteiger partial charge in [-0.05, 0) is 47.5 Å². The minimum Gasteiger partial charge on any atom is -0.497 e. The molecule has 32 heavy (non-hydrogen) atoms. The van der Waals surface area contributed by atoms with E-state index in [4.69, 9.17) is 9.72 Å². The molecule has 0 N–H and O–H groups in total. The number of fused-ring (bicyclic) bond motifs is 5. The summed E-state index contributed by atoms with van der Waals surface area (Å²) in [4.78, 5) is 7.54. The van der Waals surface area contributed by atoms with Crippen LogP contribution in [0.15, 0.2) is 103 Å². The van der Waals surface area contributed by atoms with E-state index >= 15 is 0 Å². The van der Waals surface area contributed by atoms with Gasteiger partial charge in [-0.25, -0.2) is 4.98 Å². The van der Waals surface area contributed by atoms with E-state index in [9.17, 15) is 0 Å². The zero-order valence-corrected chi connectivity index (χ0v) is 17.8. The zero-order chi connectivity index (χ0) is 21.5. The molecule has 5 aromatic rings. The maximum absolute atomic E-state index is 5.43. The number of nitrogens with zero attached hydrogens (tertiary/aromatic N) is 3. The standard InChI is InChI=1S/C28H23N3O/c1-32-22-17-15-21(16-18-22)28-30(19-20-9-3-2-4-10-20)25-13-7-5-11-23(25)27-29-24-12-6-8-14-26(24)31(27)28/h2-18,28H,19H2,1H3. The molecule has 1 aliphatic heterocycles. The number of hydrogen-bond donors (Lipinski definition) is 0. The second-order valence-electron chi connectivity index (χ2n) is 8.07. The average molecular weight is 418 g/mol. The molecule has 2 heterocycles. The smallest absolute Gasteiger partial charge is 0.145 e. The average Bonchev–Trinajstić information content (AvgIpc) is 3.25. The third kappa shape index (κ3) is 2.95. The molecule has 0 aliphatic carbocycles. The summed E-state index contributed by atoms with van der Waals surface area (Å²) in [6.07, 6.45) is -0.0292. The fourth-order valence-electron chi connectivity index (χ4n) is 4.72. The van der Waals surface area contributed by atoms with Crippen LogP contribution in [0.3, 0.4) is 0 Å². The van der Waals surface area contributed by atoms with Crippen molar-refractivity contribution in [3.05, 3.63) is 114 Å². The van der Waals surface area contributed by atoms with Crippen LogP contribution in [-0.4, -0.2) is 16.7 Å². The second kappa shape index (κ2) is 7.57. The van der Waals surface area contributed by atoms with Crippen LogP contribution >= 0.6 is 0 Å². The molecule has 4 nitrogen and oxygen atoms in total. The number of rotatable bonds is 4. The number of anilines is 1. The summed E-state index contributed by atoms with van der Waals surface area (Å²) >= 11 is 0. The summed E-state index contributed by atoms with van der Waals surface area (Å²) in [5, 5.41) is 0. The number of hydrogen-bond acceptors (Lipinski definition) is 3. The van der Waals surface area contributed by atoms with E-state index in [0.717, 1.165) is 34.7 Å². The summed E-state index contributed by atoms with van der Waals surface area (Å²) in [6.45, 7) is 0.792. The van der Waals surface area contributed by atoms with Gasteiger partial charge in [0.15, 0.2) is 0 Å². The van der Waals surface area contributed by atoms with E-state index in [-0.39, 0.29) is 6.17 Å². The predicted molar refractivity (Wildman–Crippen MR) is 129 cm³/mol. The first-order chi connectivity index (χ1) is 15.8. The molecule has 156 valence electrons. The maximum atomic E-state index is 5.43. The summed E-state index contributed by atoms with van der Waals surface area (Å²) in [6, 6.07) is 36.0. The molecule has 0 fully saturated rings. The highest BCUT2D eigenvalue weighted by atomic mass is 16.5. The first-order valence-corrected chi connectivity index (χ1v) is 10.8. The summed E-state index contributed by atoms with van der Waals surface area (Å²) in [5.74, 6) is 1.86. The lowest BCUT2D eigenvalue weighted by Crippen LogP contribution is -2.36. The van der Waals surface area contributed by atoms with Gasteiger partial charge in [0.05, 0.1) is 18.1 Å². The van der Waals surface area contributed by atoms with Gasteiger partial charge in [0.1, 0.15) is 17.7 Å². The van der Waals surface area contributed by atoms with E-state index in [0.29, 0.717) is 0 Å². The molecule has 1 aliphatic rings. The maximum Gasteiger partial charge on any atom is 0.145 e. The highest BCUT2D eigenvalue weighted by Gasteiger charge is 2.34. The third-order valence-electron chi connectivity index (χ3n) is 6.20. The molecule has 0 saturated carbocycles. The SMILES string of the molecule is COc1ccc(C2N(Cc3ccccc3)c3ccccc3-c3nc4ccccc4n32)cc1. The Bertz CT molecular complexity index is 1390. The number of benzene rings is 4. The zero-order valence-electron chi connectivity index (χ0n) is 17.8. The lowest BCUT2D eigenvalue weighted by molar-refractivity contribution is 0.414. The van der Waals surface area contributed by atoms with Gasteiger partial charge >= 0.3 is 0 Å². The van der Waals surface area contributed by atoms with Gasteiger partial charge in [-0.15, -0.1) is 0 Å². The van der Waals surface area contributed by atoms with Crippen molar-refractivity contribution in [1.82, 2.24) is 9.55 Å². The quantitative estimate of drug-likeness (QED) is 0.345. The Morgan fingerprint density at radius 3 is 2.31 bits per heavy atom. The van der Waals surface area contributed by atoms with Crippen LogP contribution in [0, 0.1) is 0 Å². The van der Waals surface area contributed by atoms with Gasteiger partial charge in [0, 0.05) is 17.8 Å². The van der Waals surface area contributed by atoms with Gasteiger partial charge in [-0.3, -0.25) is 4.57 Å². The molecule has 4 heteroatoms. The minimum atomic E-state index is -0.0292. The molecule has 0 spiro atoms. The van der Waals surface area contributed by atoms with Crippen LogP contribution in [0.25, 0.3) is 22.4 Å². The van der Waals surface area contributed by atoms with Crippen LogP contribution < -0.4 is 9.64 Å². The Hall–Kier alpha value is -4.05. The van der Waals surface area contributed by atoms with Crippen molar-refractivity contribution in [2.75, 3.05) is 12.0 Å². The first-order valence-electron chi connectivity index (χ1n) is 10.8. The summed E-state index contributed by atoms with van der Waals surface area (Å²) in [5.41, 5.74) is 6.96. The number of ether oxygens (including phenoxy) is 1. The molecule has 1 aromatic heterocycles. The molecular formula is C28H23N3O. The van der Waals surface area contributed by atoms with Crippen molar-refractivity contribution in [3.63, 3.8) is 0 Å². The lowest BCUT2D eigenvalue weighted by atomic mass is 10.0. The van der Waals surface area contributed by atoms with Gasteiger partial charge in [0.25, 0.3) is 0 Å². The van der Waals surface area contributed by atoms with Crippen LogP contribution in [0.1, 0.15) is 17.3 Å². The van der Waals surface area contributed by atoms with Crippen LogP contribution in [0.5, 0.6) is 5.75 Å². The molecule has 6 rings (SSSR count). The normalized spacial score (nSPS) is 14.8. The number of methoxy groups -OCH3 is 1. The Labute approximate surface area is 187 Å². The minimum absolute atomic E-state index is 0.0292. The van der Waals surface area contributed by atoms with Crippen molar-refractivity contribution < 1.29 is 4.74 Å². The fraction of sp³-hybridized carbons (Fsp3) is 0.107.